The van der Waals surface area contributed by atoms with Crippen molar-refractivity contribution in [3.05, 3.63) is 0 Å². The molecule has 0 spiro atoms. The van der Waals surface area contributed by atoms with Crippen LogP contribution >= 0.6 is 0 Å². The van der Waals surface area contributed by atoms with Crippen molar-refractivity contribution in [3.8, 4) is 0 Å². The zero-order valence-corrected chi connectivity index (χ0v) is 11.0. The minimum Gasteiger partial charge on any atom is -0.380 e. The molecule has 16 heavy (non-hydrogen) atoms. The van der Waals surface area contributed by atoms with Crippen LogP contribution in [0.3, 0.4) is 0 Å². The zero-order chi connectivity index (χ0) is 12.6. The fourth-order valence-corrected chi connectivity index (χ4v) is 1.46. The maximum atomic E-state index is 11.6. The molecule has 2 atom stereocenters. The van der Waals surface area contributed by atoms with Gasteiger partial charge in [-0.25, -0.2) is 0 Å². The predicted molar refractivity (Wildman–Crippen MR) is 66.1 cm³/mol. The quantitative estimate of drug-likeness (QED) is 0.660. The number of methoxy groups -OCH3 is 1. The zero-order valence-electron chi connectivity index (χ0n) is 11.0. The molecule has 3 N–H and O–H groups in total. The van der Waals surface area contributed by atoms with Crippen LogP contribution in [0, 0.1) is 5.92 Å². The lowest BCUT2D eigenvalue weighted by molar-refractivity contribution is -0.124. The summed E-state index contributed by atoms with van der Waals surface area (Å²) in [6.45, 7) is 6.78. The van der Waals surface area contributed by atoms with Crippen LogP contribution in [-0.2, 0) is 9.53 Å². The first-order chi connectivity index (χ1) is 7.49. The van der Waals surface area contributed by atoms with Gasteiger partial charge in [0.15, 0.2) is 0 Å². The summed E-state index contributed by atoms with van der Waals surface area (Å²) in [6, 6.07) is 0.227. The molecule has 1 amide bonds. The number of amides is 1. The molecule has 0 radical (unpaired) electrons. The Morgan fingerprint density at radius 2 is 1.94 bits per heavy atom. The average Bonchev–Trinajstić information content (AvgIpc) is 2.23. The molecule has 0 fully saturated rings. The Hall–Kier alpha value is -0.610. The topological polar surface area (TPSA) is 64.3 Å². The van der Waals surface area contributed by atoms with Crippen LogP contribution in [0.25, 0.3) is 0 Å². The number of hydrogen-bond donors (Lipinski definition) is 2. The van der Waals surface area contributed by atoms with E-state index in [4.69, 9.17) is 10.5 Å². The molecule has 0 aliphatic rings. The van der Waals surface area contributed by atoms with E-state index in [1.54, 1.807) is 7.11 Å². The van der Waals surface area contributed by atoms with Crippen molar-refractivity contribution in [2.75, 3.05) is 13.7 Å². The van der Waals surface area contributed by atoms with Crippen molar-refractivity contribution in [2.45, 2.75) is 52.2 Å². The number of ether oxygens (including phenoxy) is 1. The third kappa shape index (κ3) is 7.65. The molecule has 0 aliphatic heterocycles. The van der Waals surface area contributed by atoms with Gasteiger partial charge < -0.3 is 15.8 Å². The van der Waals surface area contributed by atoms with Gasteiger partial charge in [0.25, 0.3) is 0 Å². The van der Waals surface area contributed by atoms with Gasteiger partial charge >= 0.3 is 0 Å². The lowest BCUT2D eigenvalue weighted by Gasteiger charge is -2.17. The normalized spacial score (nSPS) is 14.9. The van der Waals surface area contributed by atoms with Gasteiger partial charge in [-0.15, -0.1) is 0 Å². The summed E-state index contributed by atoms with van der Waals surface area (Å²) < 4.78 is 5.06. The van der Waals surface area contributed by atoms with Gasteiger partial charge in [0, 0.05) is 19.7 Å². The molecule has 4 heteroatoms. The van der Waals surface area contributed by atoms with E-state index in [1.807, 2.05) is 6.92 Å². The van der Waals surface area contributed by atoms with Crippen LogP contribution < -0.4 is 11.1 Å². The highest BCUT2D eigenvalue weighted by atomic mass is 16.5. The molecule has 0 bridgehead atoms. The Morgan fingerprint density at radius 3 is 2.38 bits per heavy atom. The highest BCUT2D eigenvalue weighted by molar-refractivity contribution is 5.76. The van der Waals surface area contributed by atoms with E-state index in [0.717, 1.165) is 12.8 Å². The minimum absolute atomic E-state index is 0.0218. The predicted octanol–water partition coefficient (Wildman–Crippen LogP) is 1.29. The molecule has 4 nitrogen and oxygen atoms in total. The Kier molecular flexibility index (Phi) is 8.21. The van der Waals surface area contributed by atoms with Crippen molar-refractivity contribution in [1.82, 2.24) is 5.32 Å². The Labute approximate surface area is 98.9 Å². The molecule has 0 saturated heterocycles. The van der Waals surface area contributed by atoms with Crippen LogP contribution in [0.2, 0.25) is 0 Å². The largest absolute Gasteiger partial charge is 0.380 e. The first kappa shape index (κ1) is 15.4. The summed E-state index contributed by atoms with van der Waals surface area (Å²) in [4.78, 5) is 11.6. The minimum atomic E-state index is -0.169. The number of nitrogens with one attached hydrogen (secondary N) is 1. The van der Waals surface area contributed by atoms with Crippen LogP contribution in [0.4, 0.5) is 0 Å². The van der Waals surface area contributed by atoms with Gasteiger partial charge in [0.1, 0.15) is 0 Å². The maximum absolute atomic E-state index is 11.6. The number of nitrogens with two attached hydrogens (primary N) is 1. The first-order valence-corrected chi connectivity index (χ1v) is 6.01. The van der Waals surface area contributed by atoms with Gasteiger partial charge in [-0.2, -0.15) is 0 Å². The van der Waals surface area contributed by atoms with Gasteiger partial charge in [0.2, 0.25) is 5.91 Å². The van der Waals surface area contributed by atoms with E-state index in [1.165, 1.54) is 0 Å². The number of carbonyl (C=O) groups is 1. The summed E-state index contributed by atoms with van der Waals surface area (Å²) in [6.07, 6.45) is 2.33. The van der Waals surface area contributed by atoms with Gasteiger partial charge in [-0.3, -0.25) is 4.79 Å². The summed E-state index contributed by atoms with van der Waals surface area (Å²) in [7, 11) is 1.58. The molecule has 0 aromatic rings. The number of rotatable bonds is 8. The molecule has 2 unspecified atom stereocenters. The summed E-state index contributed by atoms with van der Waals surface area (Å²) >= 11 is 0. The monoisotopic (exact) mass is 230 g/mol. The van der Waals surface area contributed by atoms with Crippen molar-refractivity contribution in [3.63, 3.8) is 0 Å². The van der Waals surface area contributed by atoms with Crippen LogP contribution in [-0.4, -0.2) is 31.7 Å². The SMILES string of the molecule is COC(CN)CC(=O)NC(C)CCC(C)C. The van der Waals surface area contributed by atoms with Crippen molar-refractivity contribution >= 4 is 5.91 Å². The lowest BCUT2D eigenvalue weighted by atomic mass is 10.0. The third-order valence-electron chi connectivity index (χ3n) is 2.59. The van der Waals surface area contributed by atoms with Crippen molar-refractivity contribution in [1.29, 1.82) is 0 Å². The van der Waals surface area contributed by atoms with E-state index in [-0.39, 0.29) is 18.1 Å². The smallest absolute Gasteiger partial charge is 0.222 e. The van der Waals surface area contributed by atoms with Gasteiger partial charge in [-0.05, 0) is 25.7 Å². The van der Waals surface area contributed by atoms with E-state index < -0.39 is 0 Å². The lowest BCUT2D eigenvalue weighted by Crippen LogP contribution is -2.37. The average molecular weight is 230 g/mol. The van der Waals surface area contributed by atoms with Crippen LogP contribution in [0.15, 0.2) is 0 Å². The molecule has 0 aliphatic carbocycles. The Morgan fingerprint density at radius 1 is 1.31 bits per heavy atom. The summed E-state index contributed by atoms with van der Waals surface area (Å²) in [5.41, 5.74) is 5.46. The second-order valence-corrected chi connectivity index (χ2v) is 4.74. The Bertz CT molecular complexity index is 191. The Balaban J connectivity index is 3.77. The number of hydrogen-bond acceptors (Lipinski definition) is 3. The summed E-state index contributed by atoms with van der Waals surface area (Å²) in [5.74, 6) is 0.698. The fraction of sp³-hybridized carbons (Fsp3) is 0.917. The second-order valence-electron chi connectivity index (χ2n) is 4.74. The van der Waals surface area contributed by atoms with Gasteiger partial charge in [-0.1, -0.05) is 13.8 Å². The summed E-state index contributed by atoms with van der Waals surface area (Å²) in [5, 5.41) is 2.96. The van der Waals surface area contributed by atoms with Crippen LogP contribution in [0.5, 0.6) is 0 Å². The molecule has 0 aromatic heterocycles. The van der Waals surface area contributed by atoms with E-state index in [9.17, 15) is 4.79 Å². The van der Waals surface area contributed by atoms with Crippen LogP contribution in [0.1, 0.15) is 40.0 Å². The highest BCUT2D eigenvalue weighted by Gasteiger charge is 2.13. The van der Waals surface area contributed by atoms with E-state index in [2.05, 4.69) is 19.2 Å². The first-order valence-electron chi connectivity index (χ1n) is 6.01. The molecule has 0 heterocycles. The fourth-order valence-electron chi connectivity index (χ4n) is 1.46. The number of carbonyl (C=O) groups excluding carboxylic acids is 1. The highest BCUT2D eigenvalue weighted by Crippen LogP contribution is 2.06. The molecular weight excluding hydrogens is 204 g/mol. The maximum Gasteiger partial charge on any atom is 0.222 e. The van der Waals surface area contributed by atoms with Gasteiger partial charge in [0.05, 0.1) is 12.5 Å². The molecule has 0 aromatic carbocycles. The molecule has 0 rings (SSSR count). The second kappa shape index (κ2) is 8.53. The molecule has 96 valence electrons. The van der Waals surface area contributed by atoms with E-state index >= 15 is 0 Å². The van der Waals surface area contributed by atoms with Crippen molar-refractivity contribution in [2.24, 2.45) is 11.7 Å². The van der Waals surface area contributed by atoms with E-state index in [0.29, 0.717) is 18.9 Å². The standard InChI is InChI=1S/C12H26N2O2/c1-9(2)5-6-10(3)14-12(15)7-11(8-13)16-4/h9-11H,5-8,13H2,1-4H3,(H,14,15). The molecular formula is C12H26N2O2. The van der Waals surface area contributed by atoms with Crippen molar-refractivity contribution < 1.29 is 9.53 Å². The molecule has 0 saturated carbocycles. The third-order valence-corrected chi connectivity index (χ3v) is 2.59.